The van der Waals surface area contributed by atoms with Crippen molar-refractivity contribution in [1.29, 1.82) is 0 Å². The van der Waals surface area contributed by atoms with E-state index >= 15 is 0 Å². The fourth-order valence-electron chi connectivity index (χ4n) is 1.10. The average molecular weight is 374 g/mol. The minimum absolute atomic E-state index is 0.148. The second kappa shape index (κ2) is 8.61. The molecular weight excluding hydrogens is 359 g/mol. The predicted octanol–water partition coefficient (Wildman–Crippen LogP) is 2.53. The number of rotatable bonds is 5. The van der Waals surface area contributed by atoms with Crippen LogP contribution in [0.25, 0.3) is 0 Å². The van der Waals surface area contributed by atoms with Crippen molar-refractivity contribution in [2.45, 2.75) is 0 Å². The topological polar surface area (TPSA) is 50.8 Å². The zero-order valence-corrected chi connectivity index (χ0v) is 12.9. The predicted molar refractivity (Wildman–Crippen MR) is 82.4 cm³/mol. The molecule has 2 amide bonds. The van der Waals surface area contributed by atoms with Crippen LogP contribution in [0.5, 0.6) is 5.75 Å². The Balaban J connectivity index is 2.38. The first-order valence-corrected chi connectivity index (χ1v) is 6.58. The number of amides is 2. The normalized spacial score (nSPS) is 9.21. The molecule has 0 saturated carbocycles. The quantitative estimate of drug-likeness (QED) is 0.373. The zero-order valence-electron chi connectivity index (χ0n) is 10.8. The van der Waals surface area contributed by atoms with E-state index in [2.05, 4.69) is 15.2 Å². The van der Waals surface area contributed by atoms with Gasteiger partial charge in [0.2, 0.25) is 0 Å². The molecule has 19 heavy (non-hydrogen) atoms. The standard InChI is InChI=1S/C13H15IN2O3/c1-16(2)13(17)15-11-4-6-12(7-5-11)19-10-18-9-3-8-14/h4-7H,9-10H2,1-2H3,(H,15,17). The average Bonchev–Trinajstić information content (AvgIpc) is 2.40. The molecule has 0 atom stereocenters. The smallest absolute Gasteiger partial charge is 0.321 e. The van der Waals surface area contributed by atoms with Crippen molar-refractivity contribution in [3.63, 3.8) is 0 Å². The van der Waals surface area contributed by atoms with Gasteiger partial charge < -0.3 is 19.7 Å². The van der Waals surface area contributed by atoms with E-state index < -0.39 is 0 Å². The Hall–Kier alpha value is -1.46. The van der Waals surface area contributed by atoms with Gasteiger partial charge >= 0.3 is 6.03 Å². The number of anilines is 1. The Bertz CT molecular complexity index is 463. The van der Waals surface area contributed by atoms with Gasteiger partial charge in [0.05, 0.1) is 0 Å². The van der Waals surface area contributed by atoms with Gasteiger partial charge in [-0.15, -0.1) is 0 Å². The maximum Gasteiger partial charge on any atom is 0.321 e. The van der Waals surface area contributed by atoms with E-state index in [9.17, 15) is 4.79 Å². The summed E-state index contributed by atoms with van der Waals surface area (Å²) in [7, 11) is 3.37. The molecular formula is C13H15IN2O3. The third kappa shape index (κ3) is 6.31. The van der Waals surface area contributed by atoms with Crippen LogP contribution in [-0.2, 0) is 4.74 Å². The van der Waals surface area contributed by atoms with Crippen molar-refractivity contribution in [3.05, 3.63) is 24.3 Å². The molecule has 1 aromatic rings. The number of nitrogens with one attached hydrogen (secondary N) is 1. The van der Waals surface area contributed by atoms with Gasteiger partial charge in [-0.3, -0.25) is 0 Å². The number of halogens is 1. The molecule has 1 rings (SSSR count). The Morgan fingerprint density at radius 1 is 1.37 bits per heavy atom. The first-order valence-electron chi connectivity index (χ1n) is 5.51. The number of hydrogen-bond donors (Lipinski definition) is 1. The maximum atomic E-state index is 11.4. The summed E-state index contributed by atoms with van der Waals surface area (Å²) in [6.07, 6.45) is 0. The largest absolute Gasteiger partial charge is 0.468 e. The van der Waals surface area contributed by atoms with Gasteiger partial charge in [0.25, 0.3) is 0 Å². The van der Waals surface area contributed by atoms with Crippen molar-refractivity contribution < 1.29 is 14.3 Å². The highest BCUT2D eigenvalue weighted by atomic mass is 127. The van der Waals surface area contributed by atoms with E-state index in [-0.39, 0.29) is 12.8 Å². The van der Waals surface area contributed by atoms with Gasteiger partial charge in [0, 0.05) is 42.4 Å². The SMILES string of the molecule is CN(C)C(=O)Nc1ccc(OCOCC#CI)cc1. The first kappa shape index (κ1) is 15.6. The third-order valence-electron chi connectivity index (χ3n) is 2.06. The van der Waals surface area contributed by atoms with Crippen molar-refractivity contribution in [2.24, 2.45) is 0 Å². The van der Waals surface area contributed by atoms with Gasteiger partial charge in [-0.2, -0.15) is 0 Å². The third-order valence-corrected chi connectivity index (χ3v) is 2.44. The van der Waals surface area contributed by atoms with Crippen LogP contribution in [0, 0.1) is 9.85 Å². The van der Waals surface area contributed by atoms with Crippen molar-refractivity contribution in [3.8, 4) is 15.6 Å². The van der Waals surface area contributed by atoms with Crippen LogP contribution in [0.2, 0.25) is 0 Å². The molecule has 0 radical (unpaired) electrons. The fraction of sp³-hybridized carbons (Fsp3) is 0.308. The zero-order chi connectivity index (χ0) is 14.1. The molecule has 6 heteroatoms. The van der Waals surface area contributed by atoms with Crippen LogP contribution in [-0.4, -0.2) is 38.4 Å². The Labute approximate surface area is 126 Å². The van der Waals surface area contributed by atoms with E-state index in [1.807, 2.05) is 22.6 Å². The first-order chi connectivity index (χ1) is 9.13. The lowest BCUT2D eigenvalue weighted by Gasteiger charge is -2.12. The molecule has 0 aliphatic heterocycles. The molecule has 0 saturated heterocycles. The monoisotopic (exact) mass is 374 g/mol. The van der Waals surface area contributed by atoms with E-state index in [1.54, 1.807) is 38.4 Å². The lowest BCUT2D eigenvalue weighted by molar-refractivity contribution is 0.0333. The molecule has 0 spiro atoms. The highest BCUT2D eigenvalue weighted by Gasteiger charge is 2.03. The summed E-state index contributed by atoms with van der Waals surface area (Å²) >= 11 is 1.95. The van der Waals surface area contributed by atoms with Crippen LogP contribution < -0.4 is 10.1 Å². The van der Waals surface area contributed by atoms with Crippen LogP contribution in [0.15, 0.2) is 24.3 Å². The summed E-state index contributed by atoms with van der Waals surface area (Å²) in [5.74, 6) is 3.43. The van der Waals surface area contributed by atoms with Gasteiger partial charge in [-0.25, -0.2) is 4.79 Å². The number of carbonyl (C=O) groups is 1. The summed E-state index contributed by atoms with van der Waals surface area (Å²) in [6, 6.07) is 6.88. The summed E-state index contributed by atoms with van der Waals surface area (Å²) in [5, 5.41) is 2.73. The van der Waals surface area contributed by atoms with Crippen molar-refractivity contribution in [2.75, 3.05) is 32.8 Å². The molecule has 0 heterocycles. The number of hydrogen-bond acceptors (Lipinski definition) is 3. The van der Waals surface area contributed by atoms with Crippen molar-refractivity contribution >= 4 is 34.3 Å². The molecule has 5 nitrogen and oxygen atoms in total. The number of benzene rings is 1. The molecule has 102 valence electrons. The second-order valence-electron chi connectivity index (χ2n) is 3.73. The van der Waals surface area contributed by atoms with Crippen LogP contribution >= 0.6 is 22.6 Å². The van der Waals surface area contributed by atoms with Gasteiger partial charge in [0.15, 0.2) is 6.79 Å². The van der Waals surface area contributed by atoms with Gasteiger partial charge in [-0.05, 0) is 28.2 Å². The van der Waals surface area contributed by atoms with Crippen LogP contribution in [0.3, 0.4) is 0 Å². The number of ether oxygens (including phenoxy) is 2. The molecule has 0 unspecified atom stereocenters. The minimum Gasteiger partial charge on any atom is -0.468 e. The molecule has 0 bridgehead atoms. The minimum atomic E-state index is -0.172. The Kier molecular flexibility index (Phi) is 7.07. The van der Waals surface area contributed by atoms with Gasteiger partial charge in [0.1, 0.15) is 12.4 Å². The molecule has 0 aliphatic rings. The lowest BCUT2D eigenvalue weighted by atomic mass is 10.3. The van der Waals surface area contributed by atoms with E-state index in [0.717, 1.165) is 0 Å². The highest BCUT2D eigenvalue weighted by molar-refractivity contribution is 14.1. The van der Waals surface area contributed by atoms with Crippen LogP contribution in [0.1, 0.15) is 0 Å². The molecule has 1 aromatic carbocycles. The molecule has 0 aromatic heterocycles. The maximum absolute atomic E-state index is 11.4. The number of nitrogens with zero attached hydrogens (tertiary/aromatic N) is 1. The number of carbonyl (C=O) groups excluding carboxylic acids is 1. The molecule has 1 N–H and O–H groups in total. The van der Waals surface area contributed by atoms with Crippen molar-refractivity contribution in [1.82, 2.24) is 4.90 Å². The van der Waals surface area contributed by atoms with E-state index in [0.29, 0.717) is 18.0 Å². The fourth-order valence-corrected chi connectivity index (χ4v) is 1.26. The summed E-state index contributed by atoms with van der Waals surface area (Å²) in [5.41, 5.74) is 0.711. The van der Waals surface area contributed by atoms with Crippen LogP contribution in [0.4, 0.5) is 10.5 Å². The summed E-state index contributed by atoms with van der Waals surface area (Å²) in [4.78, 5) is 12.9. The molecule has 0 fully saturated rings. The lowest BCUT2D eigenvalue weighted by Crippen LogP contribution is -2.27. The Morgan fingerprint density at radius 2 is 2.05 bits per heavy atom. The van der Waals surface area contributed by atoms with E-state index in [1.165, 1.54) is 4.90 Å². The number of urea groups is 1. The molecule has 0 aliphatic carbocycles. The Morgan fingerprint density at radius 3 is 2.63 bits per heavy atom. The second-order valence-corrected chi connectivity index (χ2v) is 4.27. The summed E-state index contributed by atoms with van der Waals surface area (Å²) in [6.45, 7) is 0.495. The summed E-state index contributed by atoms with van der Waals surface area (Å²) < 4.78 is 13.2. The van der Waals surface area contributed by atoms with E-state index in [4.69, 9.17) is 9.47 Å². The highest BCUT2D eigenvalue weighted by Crippen LogP contribution is 2.15. The van der Waals surface area contributed by atoms with Gasteiger partial charge in [-0.1, -0.05) is 5.92 Å².